The normalized spacial score (nSPS) is 15.7. The number of hydrogen-bond acceptors (Lipinski definition) is 11. The number of nitrogens with one attached hydrogen (secondary N) is 5. The molecule has 3 atom stereocenters. The monoisotopic (exact) mass is 881 g/mol. The summed E-state index contributed by atoms with van der Waals surface area (Å²) in [5.41, 5.74) is -1.97. The lowest BCUT2D eigenvalue weighted by atomic mass is 9.71. The van der Waals surface area contributed by atoms with E-state index in [1.165, 1.54) is 6.92 Å². The average Bonchev–Trinajstić information content (AvgIpc) is 3.57. The van der Waals surface area contributed by atoms with Gasteiger partial charge in [0.05, 0.1) is 24.2 Å². The van der Waals surface area contributed by atoms with E-state index in [-0.39, 0.29) is 38.1 Å². The second-order valence-corrected chi connectivity index (χ2v) is 26.4. The molecule has 0 bridgehead atoms. The molecule has 340 valence electrons. The van der Waals surface area contributed by atoms with E-state index in [0.29, 0.717) is 56.7 Å². The van der Waals surface area contributed by atoms with Gasteiger partial charge in [0.1, 0.15) is 23.3 Å². The highest BCUT2D eigenvalue weighted by Gasteiger charge is 2.52. The number of anilines is 1. The zero-order valence-corrected chi connectivity index (χ0v) is 39.4. The number of ether oxygens (including phenoxy) is 3. The van der Waals surface area contributed by atoms with Crippen molar-refractivity contribution in [3.8, 4) is 0 Å². The second kappa shape index (κ2) is 22.6. The summed E-state index contributed by atoms with van der Waals surface area (Å²) in [4.78, 5) is 80.1. The number of sulfonamides is 1. The highest BCUT2D eigenvalue weighted by molar-refractivity contribution is 7.92. The summed E-state index contributed by atoms with van der Waals surface area (Å²) in [6.45, 7) is 18.7. The molecule has 0 spiro atoms. The topological polar surface area (TPSA) is 224 Å². The number of alkyl carbamates (subject to hydrolysis) is 1. The van der Waals surface area contributed by atoms with E-state index in [2.05, 4.69) is 45.6 Å². The van der Waals surface area contributed by atoms with E-state index < -0.39 is 88.5 Å². The van der Waals surface area contributed by atoms with Crippen LogP contribution in [-0.2, 0) is 54.6 Å². The van der Waals surface area contributed by atoms with Crippen molar-refractivity contribution < 1.29 is 51.4 Å². The molecule has 1 aliphatic carbocycles. The summed E-state index contributed by atoms with van der Waals surface area (Å²) in [5, 5.41) is 11.1. The molecule has 0 saturated heterocycles. The molecule has 4 amide bonds. The van der Waals surface area contributed by atoms with Crippen molar-refractivity contribution in [2.45, 2.75) is 155 Å². The molecule has 60 heavy (non-hydrogen) atoms. The maximum Gasteiger partial charge on any atom is 0.407 e. The fourth-order valence-electron chi connectivity index (χ4n) is 6.95. The van der Waals surface area contributed by atoms with Crippen LogP contribution >= 0.6 is 0 Å². The first-order chi connectivity index (χ1) is 27.6. The van der Waals surface area contributed by atoms with Crippen LogP contribution in [0.5, 0.6) is 0 Å². The molecule has 0 aromatic heterocycles. The maximum absolute atomic E-state index is 14.7. The molecule has 16 nitrogen and oxygen atoms in total. The number of benzene rings is 1. The molecule has 0 aliphatic heterocycles. The van der Waals surface area contributed by atoms with Gasteiger partial charge >= 0.3 is 18.0 Å². The number of hydrogen-bond donors (Lipinski definition) is 5. The Labute approximate surface area is 358 Å². The van der Waals surface area contributed by atoms with Crippen LogP contribution in [0, 0.1) is 11.3 Å². The maximum atomic E-state index is 14.7. The predicted molar refractivity (Wildman–Crippen MR) is 233 cm³/mol. The average molecular weight is 882 g/mol. The van der Waals surface area contributed by atoms with Crippen molar-refractivity contribution in [1.29, 1.82) is 0 Å². The van der Waals surface area contributed by atoms with Crippen LogP contribution in [0.3, 0.4) is 0 Å². The molecular weight excluding hydrogens is 811 g/mol. The van der Waals surface area contributed by atoms with Gasteiger partial charge < -0.3 is 35.5 Å². The zero-order valence-electron chi connectivity index (χ0n) is 37.6. The summed E-state index contributed by atoms with van der Waals surface area (Å²) in [5.74, 6) is -3.62. The Morgan fingerprint density at radius 2 is 1.45 bits per heavy atom. The van der Waals surface area contributed by atoms with Crippen molar-refractivity contribution in [2.75, 3.05) is 30.7 Å². The van der Waals surface area contributed by atoms with Gasteiger partial charge in [-0.05, 0) is 104 Å². The van der Waals surface area contributed by atoms with Gasteiger partial charge in [-0.3, -0.25) is 23.9 Å². The van der Waals surface area contributed by atoms with E-state index in [4.69, 9.17) is 14.2 Å². The van der Waals surface area contributed by atoms with Gasteiger partial charge in [-0.25, -0.2) is 18.0 Å². The Morgan fingerprint density at radius 1 is 0.817 bits per heavy atom. The minimum absolute atomic E-state index is 0.00639. The lowest BCUT2D eigenvalue weighted by molar-refractivity contribution is -0.162. The fraction of sp³-hybridized carbons (Fsp3) is 0.714. The molecular formula is C42H71N5O11SSi. The van der Waals surface area contributed by atoms with Gasteiger partial charge in [0.15, 0.2) is 0 Å². The van der Waals surface area contributed by atoms with Crippen LogP contribution in [0.15, 0.2) is 24.3 Å². The fourth-order valence-corrected chi connectivity index (χ4v) is 8.22. The van der Waals surface area contributed by atoms with Gasteiger partial charge in [-0.2, -0.15) is 0 Å². The van der Waals surface area contributed by atoms with E-state index in [9.17, 15) is 37.2 Å². The van der Waals surface area contributed by atoms with Gasteiger partial charge in [0, 0.05) is 40.2 Å². The van der Waals surface area contributed by atoms with Crippen molar-refractivity contribution in [1.82, 2.24) is 21.3 Å². The quantitative estimate of drug-likeness (QED) is 0.0441. The number of amides is 4. The summed E-state index contributed by atoms with van der Waals surface area (Å²) in [6, 6.07) is 5.13. The molecule has 1 unspecified atom stereocenters. The number of esters is 2. The minimum atomic E-state index is -3.59. The molecule has 2 rings (SSSR count). The number of unbranched alkanes of at least 4 members (excludes halogenated alkanes) is 1. The Balaban J connectivity index is 2.35. The summed E-state index contributed by atoms with van der Waals surface area (Å²) < 4.78 is 43.1. The summed E-state index contributed by atoms with van der Waals surface area (Å²) in [6.07, 6.45) is 3.77. The predicted octanol–water partition coefficient (Wildman–Crippen LogP) is 5.19. The number of rotatable bonds is 22. The van der Waals surface area contributed by atoms with Crippen LogP contribution in [-0.4, -0.2) is 101 Å². The van der Waals surface area contributed by atoms with E-state index >= 15 is 0 Å². The van der Waals surface area contributed by atoms with E-state index in [0.717, 1.165) is 6.26 Å². The third-order valence-electron chi connectivity index (χ3n) is 9.68. The highest BCUT2D eigenvalue weighted by Crippen LogP contribution is 2.47. The largest absolute Gasteiger partial charge is 0.466 e. The SMILES string of the molecule is CC(=O)N[C@@H](CCCCNC(=O)OC(C)(C)C)C(=O)NCCC(C(=O)OCC[Si](C)(C)C)C1(C(=O)N[C@@H](Cc2cccc(NS(C)(=O)=O)c2)C(=O)OC(C)(C)C)CCCC1. The molecule has 1 aliphatic rings. The first kappa shape index (κ1) is 51.9. The van der Waals surface area contributed by atoms with E-state index in [1.54, 1.807) is 65.8 Å². The van der Waals surface area contributed by atoms with Crippen LogP contribution in [0.4, 0.5) is 10.5 Å². The molecule has 1 saturated carbocycles. The number of carbonyl (C=O) groups excluding carboxylic acids is 6. The molecule has 0 heterocycles. The minimum Gasteiger partial charge on any atom is -0.466 e. The van der Waals surface area contributed by atoms with Gasteiger partial charge in [0.2, 0.25) is 27.7 Å². The molecule has 1 aromatic rings. The first-order valence-electron chi connectivity index (χ1n) is 20.9. The van der Waals surface area contributed by atoms with Crippen LogP contribution in [0.2, 0.25) is 25.7 Å². The third kappa shape index (κ3) is 19.9. The standard InChI is InChI=1S/C42H71N5O11SSi/c1-29(48)45-33(19-12-15-23-44-39(53)58-41(5,6)7)35(49)43-24-20-32(36(50)56-25-26-60(9,10)11)42(21-13-14-22-42)38(52)46-34(37(51)57-40(2,3)4)28-30-17-16-18-31(27-30)47-59(8,54)55/h16-18,27,32-34,47H,12-15,19-26,28H2,1-11H3,(H,43,49)(H,44,53)(H,45,48)(H,46,52)/t32?,33-,34-/m0/s1. The van der Waals surface area contributed by atoms with Gasteiger partial charge in [0.25, 0.3) is 0 Å². The zero-order chi connectivity index (χ0) is 45.5. The smallest absolute Gasteiger partial charge is 0.407 e. The van der Waals surface area contributed by atoms with Crippen molar-refractivity contribution >= 4 is 59.5 Å². The number of carbonyl (C=O) groups is 6. The molecule has 18 heteroatoms. The molecule has 0 radical (unpaired) electrons. The van der Waals surface area contributed by atoms with Crippen molar-refractivity contribution in [3.63, 3.8) is 0 Å². The Kier molecular flexibility index (Phi) is 19.6. The molecule has 1 aromatic carbocycles. The lowest BCUT2D eigenvalue weighted by Gasteiger charge is -2.36. The van der Waals surface area contributed by atoms with Gasteiger partial charge in [-0.15, -0.1) is 0 Å². The van der Waals surface area contributed by atoms with Crippen LogP contribution in [0.1, 0.15) is 105 Å². The highest BCUT2D eigenvalue weighted by atomic mass is 32.2. The van der Waals surface area contributed by atoms with E-state index in [1.807, 2.05) is 0 Å². The van der Waals surface area contributed by atoms with Crippen molar-refractivity contribution in [3.05, 3.63) is 29.8 Å². The van der Waals surface area contributed by atoms with Gasteiger partial charge in [-0.1, -0.05) is 44.6 Å². The second-order valence-electron chi connectivity index (χ2n) is 19.0. The Bertz CT molecular complexity index is 1750. The molecule has 5 N–H and O–H groups in total. The Hall–Kier alpha value is -4.19. The third-order valence-corrected chi connectivity index (χ3v) is 12.0. The summed E-state index contributed by atoms with van der Waals surface area (Å²) in [7, 11) is -5.19. The van der Waals surface area contributed by atoms with Crippen LogP contribution < -0.4 is 26.0 Å². The van der Waals surface area contributed by atoms with Crippen molar-refractivity contribution in [2.24, 2.45) is 11.3 Å². The lowest BCUT2D eigenvalue weighted by Crippen LogP contribution is -2.54. The Morgan fingerprint density at radius 3 is 2.02 bits per heavy atom. The molecule has 1 fully saturated rings. The summed E-state index contributed by atoms with van der Waals surface area (Å²) >= 11 is 0. The first-order valence-corrected chi connectivity index (χ1v) is 26.5. The van der Waals surface area contributed by atoms with Crippen LogP contribution in [0.25, 0.3) is 0 Å².